The van der Waals surface area contributed by atoms with Gasteiger partial charge in [-0.2, -0.15) is 0 Å². The maximum Gasteiger partial charge on any atom is 1.00 e. The molecule has 0 heterocycles. The van der Waals surface area contributed by atoms with Gasteiger partial charge in [-0.05, 0) is 0 Å². The molecular weight excluding hydrogens is 169 g/mol. The van der Waals surface area contributed by atoms with E-state index < -0.39 is 5.97 Å². The van der Waals surface area contributed by atoms with Crippen LogP contribution in [-0.4, -0.2) is 16.0 Å². The van der Waals surface area contributed by atoms with Gasteiger partial charge in [0.15, 0.2) is 0 Å². The van der Waals surface area contributed by atoms with E-state index in [2.05, 4.69) is 12.2 Å². The minimum absolute atomic E-state index is 0. The molecule has 0 amide bonds. The predicted molar refractivity (Wildman–Crippen MR) is 34.3 cm³/mol. The van der Waals surface area contributed by atoms with Crippen LogP contribution in [0.5, 0.6) is 0 Å². The summed E-state index contributed by atoms with van der Waals surface area (Å²) in [4.78, 5) is 9.66. The quantitative estimate of drug-likeness (QED) is 0.338. The van der Waals surface area contributed by atoms with Crippen LogP contribution in [0, 0.1) is 0 Å². The van der Waals surface area contributed by atoms with Crippen LogP contribution in [0.3, 0.4) is 0 Å². The second kappa shape index (κ2) is 6.82. The molecule has 0 fully saturated rings. The summed E-state index contributed by atoms with van der Waals surface area (Å²) in [5.41, 5.74) is 4.94. The molecule has 0 aliphatic rings. The van der Waals surface area contributed by atoms with Crippen LogP contribution in [0.4, 0.5) is 0 Å². The fourth-order valence-corrected chi connectivity index (χ4v) is 0.567. The molecule has 46 valence electrons. The van der Waals surface area contributed by atoms with Crippen molar-refractivity contribution in [2.24, 2.45) is 5.73 Å². The minimum Gasteiger partial charge on any atom is -0.549 e. The van der Waals surface area contributed by atoms with Gasteiger partial charge in [0.1, 0.15) is 4.32 Å². The number of thioether (sulfide) groups is 1. The fraction of sp³-hybridized carbons (Fsp3) is 0.333. The molecule has 0 radical (unpaired) electrons. The molecule has 0 unspecified atom stereocenters. The van der Waals surface area contributed by atoms with Crippen LogP contribution in [-0.2, 0) is 4.79 Å². The van der Waals surface area contributed by atoms with Gasteiger partial charge in [-0.15, -0.1) is 0 Å². The van der Waals surface area contributed by atoms with Crippen molar-refractivity contribution in [3.05, 3.63) is 0 Å². The molecule has 9 heavy (non-hydrogen) atoms. The second-order valence-corrected chi connectivity index (χ2v) is 2.70. The van der Waals surface area contributed by atoms with Crippen LogP contribution in [0.15, 0.2) is 0 Å². The molecule has 3 nitrogen and oxygen atoms in total. The Kier molecular flexibility index (Phi) is 9.40. The van der Waals surface area contributed by atoms with Gasteiger partial charge in [0, 0.05) is 5.75 Å². The Hall–Kier alpha value is 0.710. The molecule has 0 rings (SSSR count). The number of hydrogen-bond acceptors (Lipinski definition) is 4. The van der Waals surface area contributed by atoms with Gasteiger partial charge in [0.2, 0.25) is 0 Å². The van der Waals surface area contributed by atoms with Gasteiger partial charge in [0.05, 0.1) is 5.97 Å². The largest absolute Gasteiger partial charge is 1.00 e. The van der Waals surface area contributed by atoms with Crippen molar-refractivity contribution in [3.63, 3.8) is 0 Å². The maximum absolute atomic E-state index is 9.66. The van der Waals surface area contributed by atoms with E-state index in [0.29, 0.717) is 0 Å². The molecule has 0 aliphatic heterocycles. The van der Waals surface area contributed by atoms with Crippen LogP contribution < -0.4 is 40.4 Å². The van der Waals surface area contributed by atoms with Gasteiger partial charge >= 0.3 is 29.6 Å². The van der Waals surface area contributed by atoms with Crippen molar-refractivity contribution >= 4 is 34.3 Å². The first-order chi connectivity index (χ1) is 3.63. The van der Waals surface area contributed by atoms with Crippen molar-refractivity contribution in [2.45, 2.75) is 0 Å². The van der Waals surface area contributed by atoms with E-state index in [4.69, 9.17) is 5.73 Å². The molecule has 0 saturated heterocycles. The summed E-state index contributed by atoms with van der Waals surface area (Å²) in [5.74, 6) is -1.31. The number of carbonyl (C=O) groups is 1. The average Bonchev–Trinajstić information content (AvgIpc) is 1.61. The predicted octanol–water partition coefficient (Wildman–Crippen LogP) is -4.28. The van der Waals surface area contributed by atoms with E-state index in [1.807, 2.05) is 0 Å². The molecule has 2 N–H and O–H groups in total. The Morgan fingerprint density at radius 3 is 2.33 bits per heavy atom. The normalized spacial score (nSPS) is 7.56. The number of carboxylic acids is 1. The van der Waals surface area contributed by atoms with Gasteiger partial charge in [0.25, 0.3) is 0 Å². The molecule has 0 aromatic rings. The summed E-state index contributed by atoms with van der Waals surface area (Å²) in [7, 11) is 0. The van der Waals surface area contributed by atoms with E-state index in [9.17, 15) is 9.90 Å². The zero-order valence-electron chi connectivity index (χ0n) is 4.92. The summed E-state index contributed by atoms with van der Waals surface area (Å²) in [6, 6.07) is 0. The van der Waals surface area contributed by atoms with Crippen LogP contribution in [0.2, 0.25) is 0 Å². The Morgan fingerprint density at radius 2 is 2.22 bits per heavy atom. The summed E-state index contributed by atoms with van der Waals surface area (Å²) in [6.45, 7) is 0. The van der Waals surface area contributed by atoms with Crippen LogP contribution in [0.25, 0.3) is 0 Å². The summed E-state index contributed by atoms with van der Waals surface area (Å²) in [5, 5.41) is 9.66. The first-order valence-corrected chi connectivity index (χ1v) is 3.14. The number of thiocarbonyl (C=S) groups is 1. The molecule has 0 aromatic carbocycles. The van der Waals surface area contributed by atoms with Crippen molar-refractivity contribution in [1.82, 2.24) is 0 Å². The number of rotatable bonds is 2. The SMILES string of the molecule is NC(=S)SCC(=O)[O-].[Na+]. The third-order valence-electron chi connectivity index (χ3n) is 0.332. The third-order valence-corrected chi connectivity index (χ3v) is 1.35. The fourth-order valence-electron chi connectivity index (χ4n) is 0.130. The van der Waals surface area contributed by atoms with E-state index in [-0.39, 0.29) is 39.6 Å². The molecule has 0 aromatic heterocycles. The number of hydrogen-bond donors (Lipinski definition) is 1. The number of carbonyl (C=O) groups excluding carboxylic acids is 1. The number of carboxylic acid groups (broad SMARTS) is 1. The summed E-state index contributed by atoms with van der Waals surface area (Å²) < 4.78 is 0.134. The molecule has 0 bridgehead atoms. The Labute approximate surface area is 84.7 Å². The summed E-state index contributed by atoms with van der Waals surface area (Å²) >= 11 is 5.25. The zero-order chi connectivity index (χ0) is 6.57. The smallest absolute Gasteiger partial charge is 0.549 e. The second-order valence-electron chi connectivity index (χ2n) is 0.980. The topological polar surface area (TPSA) is 66.2 Å². The van der Waals surface area contributed by atoms with Crippen LogP contribution >= 0.6 is 24.0 Å². The molecule has 6 heteroatoms. The van der Waals surface area contributed by atoms with Gasteiger partial charge in [-0.3, -0.25) is 0 Å². The first-order valence-electron chi connectivity index (χ1n) is 1.75. The van der Waals surface area contributed by atoms with Crippen molar-refractivity contribution < 1.29 is 39.5 Å². The third kappa shape index (κ3) is 12.0. The van der Waals surface area contributed by atoms with E-state index in [1.54, 1.807) is 0 Å². The standard InChI is InChI=1S/C3H5NO2S2.Na/c4-3(7)8-1-2(5)6;/h1H2,(H2,4,7)(H,5,6);/q;+1/p-1. The Bertz CT molecular complexity index is 104. The van der Waals surface area contributed by atoms with Crippen molar-refractivity contribution in [3.8, 4) is 0 Å². The minimum atomic E-state index is -1.15. The summed E-state index contributed by atoms with van der Waals surface area (Å²) in [6.07, 6.45) is 0. The van der Waals surface area contributed by atoms with Crippen molar-refractivity contribution in [2.75, 3.05) is 5.75 Å². The molecule has 0 aliphatic carbocycles. The zero-order valence-corrected chi connectivity index (χ0v) is 8.55. The van der Waals surface area contributed by atoms with Crippen LogP contribution in [0.1, 0.15) is 0 Å². The first kappa shape index (κ1) is 12.4. The number of aliphatic carboxylic acids is 1. The molecule has 0 spiro atoms. The molecular formula is C3H4NNaO2S2. The molecule has 0 atom stereocenters. The van der Waals surface area contributed by atoms with E-state index in [0.717, 1.165) is 11.8 Å². The van der Waals surface area contributed by atoms with E-state index >= 15 is 0 Å². The monoisotopic (exact) mass is 173 g/mol. The van der Waals surface area contributed by atoms with Crippen molar-refractivity contribution in [1.29, 1.82) is 0 Å². The van der Waals surface area contributed by atoms with E-state index in [1.165, 1.54) is 0 Å². The maximum atomic E-state index is 9.66. The molecule has 0 saturated carbocycles. The Balaban J connectivity index is 0. The average molecular weight is 173 g/mol. The van der Waals surface area contributed by atoms with Gasteiger partial charge in [-0.1, -0.05) is 24.0 Å². The Morgan fingerprint density at radius 1 is 1.78 bits per heavy atom. The number of nitrogens with two attached hydrogens (primary N) is 1. The van der Waals surface area contributed by atoms with Gasteiger partial charge in [-0.25, -0.2) is 0 Å². The van der Waals surface area contributed by atoms with Gasteiger partial charge < -0.3 is 15.6 Å².